The molecule has 0 spiro atoms. The third-order valence-electron chi connectivity index (χ3n) is 7.81. The smallest absolute Gasteiger partial charge is 0.254 e. The van der Waals surface area contributed by atoms with Gasteiger partial charge in [-0.3, -0.25) is 9.20 Å². The van der Waals surface area contributed by atoms with Crippen molar-refractivity contribution in [3.8, 4) is 22.8 Å². The maximum Gasteiger partial charge on any atom is 0.254 e. The van der Waals surface area contributed by atoms with Crippen LogP contribution in [0.2, 0.25) is 0 Å². The number of hydrogen-bond acceptors (Lipinski definition) is 7. The predicted octanol–water partition coefficient (Wildman–Crippen LogP) is 2.87. The van der Waals surface area contributed by atoms with Crippen LogP contribution in [0.5, 0.6) is 5.75 Å². The molecule has 0 radical (unpaired) electrons. The Morgan fingerprint density at radius 3 is 2.63 bits per heavy atom. The second kappa shape index (κ2) is 8.80. The SMILES string of the molecule is COc1cc2ncc(-c3cn(-c4cc(C(=O)NC5CC5)c(F)cc4C)nn3)n2cc1N1C[C@H]2CC[C@@H](C1)N2. The number of hydrogen-bond donors (Lipinski definition) is 2. The van der Waals surface area contributed by atoms with Gasteiger partial charge >= 0.3 is 0 Å². The number of imidazole rings is 1. The van der Waals surface area contributed by atoms with E-state index in [-0.39, 0.29) is 11.6 Å². The van der Waals surface area contributed by atoms with Crippen molar-refractivity contribution in [2.45, 2.75) is 50.7 Å². The average molecular weight is 517 g/mol. The van der Waals surface area contributed by atoms with Gasteiger partial charge in [0.15, 0.2) is 0 Å². The average Bonchev–Trinajstić information content (AvgIpc) is 3.28. The molecule has 3 aliphatic rings. The summed E-state index contributed by atoms with van der Waals surface area (Å²) in [4.78, 5) is 19.6. The lowest BCUT2D eigenvalue weighted by Crippen LogP contribution is -2.51. The van der Waals surface area contributed by atoms with Crippen LogP contribution in [0, 0.1) is 12.7 Å². The number of benzene rings is 1. The van der Waals surface area contributed by atoms with E-state index < -0.39 is 11.7 Å². The molecule has 38 heavy (non-hydrogen) atoms. The number of fused-ring (bicyclic) bond motifs is 3. The van der Waals surface area contributed by atoms with Crippen LogP contribution in [-0.2, 0) is 0 Å². The first kappa shape index (κ1) is 23.2. The van der Waals surface area contributed by atoms with Gasteiger partial charge in [0, 0.05) is 43.5 Å². The number of ether oxygens (including phenoxy) is 1. The molecule has 1 aromatic carbocycles. The van der Waals surface area contributed by atoms with Gasteiger partial charge in [0.25, 0.3) is 5.91 Å². The van der Waals surface area contributed by atoms with Gasteiger partial charge < -0.3 is 20.3 Å². The zero-order valence-corrected chi connectivity index (χ0v) is 21.3. The first-order chi connectivity index (χ1) is 18.5. The van der Waals surface area contributed by atoms with Crippen molar-refractivity contribution < 1.29 is 13.9 Å². The van der Waals surface area contributed by atoms with E-state index in [1.807, 2.05) is 10.5 Å². The molecule has 2 atom stereocenters. The van der Waals surface area contributed by atoms with Gasteiger partial charge in [0.2, 0.25) is 0 Å². The minimum Gasteiger partial charge on any atom is -0.494 e. The normalized spacial score (nSPS) is 20.8. The molecule has 2 N–H and O–H groups in total. The van der Waals surface area contributed by atoms with Crippen LogP contribution in [0.1, 0.15) is 41.6 Å². The fraction of sp³-hybridized carbons (Fsp3) is 0.407. The van der Waals surface area contributed by atoms with E-state index in [0.717, 1.165) is 48.7 Å². The van der Waals surface area contributed by atoms with E-state index in [0.29, 0.717) is 29.0 Å². The minimum atomic E-state index is -0.547. The summed E-state index contributed by atoms with van der Waals surface area (Å²) in [5, 5.41) is 15.2. The molecule has 1 saturated carbocycles. The number of nitrogens with zero attached hydrogens (tertiary/aromatic N) is 6. The Balaban J connectivity index is 1.24. The van der Waals surface area contributed by atoms with Crippen molar-refractivity contribution in [3.05, 3.63) is 53.7 Å². The van der Waals surface area contributed by atoms with E-state index in [4.69, 9.17) is 4.74 Å². The number of pyridine rings is 1. The van der Waals surface area contributed by atoms with Gasteiger partial charge in [-0.05, 0) is 50.3 Å². The largest absolute Gasteiger partial charge is 0.494 e. The number of amides is 1. The van der Waals surface area contributed by atoms with Gasteiger partial charge in [-0.15, -0.1) is 5.10 Å². The molecule has 4 aromatic rings. The summed E-state index contributed by atoms with van der Waals surface area (Å²) in [6.45, 7) is 3.65. The molecule has 196 valence electrons. The molecular weight excluding hydrogens is 487 g/mol. The van der Waals surface area contributed by atoms with Crippen LogP contribution in [0.3, 0.4) is 0 Å². The lowest BCUT2D eigenvalue weighted by molar-refractivity contribution is 0.0947. The van der Waals surface area contributed by atoms with Crippen molar-refractivity contribution in [2.24, 2.45) is 0 Å². The summed E-state index contributed by atoms with van der Waals surface area (Å²) in [7, 11) is 1.69. The molecule has 0 unspecified atom stereocenters. The topological polar surface area (TPSA) is 102 Å². The Kier molecular flexibility index (Phi) is 5.36. The number of carbonyl (C=O) groups is 1. The quantitative estimate of drug-likeness (QED) is 0.406. The molecule has 7 rings (SSSR count). The summed E-state index contributed by atoms with van der Waals surface area (Å²) in [5.74, 6) is -0.163. The maximum atomic E-state index is 14.6. The molecule has 10 nitrogen and oxygen atoms in total. The summed E-state index contributed by atoms with van der Waals surface area (Å²) < 4.78 is 24.0. The van der Waals surface area contributed by atoms with E-state index in [9.17, 15) is 9.18 Å². The van der Waals surface area contributed by atoms with Crippen LogP contribution < -0.4 is 20.3 Å². The summed E-state index contributed by atoms with van der Waals surface area (Å²) in [5.41, 5.74) is 4.41. The van der Waals surface area contributed by atoms with Crippen molar-refractivity contribution in [2.75, 3.05) is 25.1 Å². The van der Waals surface area contributed by atoms with Gasteiger partial charge in [-0.25, -0.2) is 14.1 Å². The zero-order chi connectivity index (χ0) is 26.0. The molecule has 3 aromatic heterocycles. The van der Waals surface area contributed by atoms with E-state index in [1.54, 1.807) is 31.1 Å². The monoisotopic (exact) mass is 516 g/mol. The van der Waals surface area contributed by atoms with Crippen molar-refractivity contribution in [3.63, 3.8) is 0 Å². The number of methoxy groups -OCH3 is 1. The van der Waals surface area contributed by atoms with Gasteiger partial charge in [-0.2, -0.15) is 0 Å². The Hall–Kier alpha value is -3.99. The number of rotatable bonds is 6. The Labute approximate surface area is 218 Å². The van der Waals surface area contributed by atoms with Crippen LogP contribution in [0.4, 0.5) is 10.1 Å². The van der Waals surface area contributed by atoms with Gasteiger partial charge in [0.05, 0.1) is 42.1 Å². The van der Waals surface area contributed by atoms with Crippen molar-refractivity contribution in [1.82, 2.24) is 35.0 Å². The third-order valence-corrected chi connectivity index (χ3v) is 7.81. The fourth-order valence-corrected chi connectivity index (χ4v) is 5.65. The molecule has 1 aliphatic carbocycles. The first-order valence-corrected chi connectivity index (χ1v) is 13.1. The number of carbonyl (C=O) groups excluding carboxylic acids is 1. The second-order valence-corrected chi connectivity index (χ2v) is 10.6. The maximum absolute atomic E-state index is 14.6. The second-order valence-electron chi connectivity index (χ2n) is 10.6. The molecular formula is C27H29FN8O2. The Bertz CT molecular complexity index is 1550. The summed E-state index contributed by atoms with van der Waals surface area (Å²) >= 11 is 0. The number of nitrogens with one attached hydrogen (secondary N) is 2. The van der Waals surface area contributed by atoms with Gasteiger partial charge in [0.1, 0.15) is 22.9 Å². The van der Waals surface area contributed by atoms with Crippen molar-refractivity contribution >= 4 is 17.2 Å². The standard InChI is InChI=1S/C27H29FN8O2/c1-15-7-20(28)19(27(37)31-16-3-4-16)8-22(15)36-13-21(32-33-36)23-10-29-26-9-25(38-2)24(14-35(23)26)34-11-17-5-6-18(12-34)30-17/h7-10,13-14,16-18,30H,3-6,11-12H2,1-2H3,(H,31,37)/t17-,18+. The third kappa shape index (κ3) is 3.97. The first-order valence-electron chi connectivity index (χ1n) is 13.1. The van der Waals surface area contributed by atoms with Crippen molar-refractivity contribution in [1.29, 1.82) is 0 Å². The number of halogens is 1. The highest BCUT2D eigenvalue weighted by Crippen LogP contribution is 2.35. The number of anilines is 1. The predicted molar refractivity (Wildman–Crippen MR) is 139 cm³/mol. The highest BCUT2D eigenvalue weighted by atomic mass is 19.1. The van der Waals surface area contributed by atoms with E-state index >= 15 is 0 Å². The van der Waals surface area contributed by atoms with Crippen LogP contribution >= 0.6 is 0 Å². The number of piperazine rings is 1. The lowest BCUT2D eigenvalue weighted by Gasteiger charge is -2.35. The highest BCUT2D eigenvalue weighted by molar-refractivity contribution is 5.95. The molecule has 2 aliphatic heterocycles. The Morgan fingerprint density at radius 2 is 1.89 bits per heavy atom. The van der Waals surface area contributed by atoms with E-state index in [1.165, 1.54) is 25.0 Å². The van der Waals surface area contributed by atoms with Crippen LogP contribution in [0.25, 0.3) is 22.7 Å². The molecule has 5 heterocycles. The molecule has 2 saturated heterocycles. The van der Waals surface area contributed by atoms with Crippen LogP contribution in [0.15, 0.2) is 36.8 Å². The Morgan fingerprint density at radius 1 is 1.11 bits per heavy atom. The summed E-state index contributed by atoms with van der Waals surface area (Å²) in [6.07, 6.45) is 9.85. The van der Waals surface area contributed by atoms with E-state index in [2.05, 4.69) is 37.0 Å². The molecule has 11 heteroatoms. The molecule has 2 bridgehead atoms. The molecule has 3 fully saturated rings. The molecule has 1 amide bonds. The van der Waals surface area contributed by atoms with Crippen LogP contribution in [-0.4, -0.2) is 68.6 Å². The number of aromatic nitrogens is 5. The van der Waals surface area contributed by atoms with Gasteiger partial charge in [-0.1, -0.05) is 5.21 Å². The zero-order valence-electron chi connectivity index (χ0n) is 21.3. The summed E-state index contributed by atoms with van der Waals surface area (Å²) in [6, 6.07) is 5.97. The minimum absolute atomic E-state index is 0.00563. The number of aryl methyl sites for hydroxylation is 1. The lowest BCUT2D eigenvalue weighted by atomic mass is 10.1. The highest BCUT2D eigenvalue weighted by Gasteiger charge is 2.33. The fourth-order valence-electron chi connectivity index (χ4n) is 5.65.